The molecule has 0 aliphatic rings. The Morgan fingerprint density at radius 2 is 1.89 bits per heavy atom. The monoisotopic (exact) mass is 126 g/mol. The van der Waals surface area contributed by atoms with Gasteiger partial charge in [0.25, 0.3) is 0 Å². The van der Waals surface area contributed by atoms with Crippen LogP contribution in [0.5, 0.6) is 0 Å². The van der Waals surface area contributed by atoms with Gasteiger partial charge in [-0.2, -0.15) is 0 Å². The second-order valence-electron chi connectivity index (χ2n) is 3.02. The molecule has 0 bridgehead atoms. The Labute approximate surface area is 57.9 Å². The van der Waals surface area contributed by atoms with Gasteiger partial charge < -0.3 is 0 Å². The molecule has 0 amide bonds. The Bertz CT molecular complexity index is 122. The lowest BCUT2D eigenvalue weighted by Gasteiger charge is -2.15. The Hall–Kier alpha value is -0.520. The minimum absolute atomic E-state index is 0.844. The average Bonchev–Trinajstić information content (AvgIpc) is 1.63. The van der Waals surface area contributed by atoms with Gasteiger partial charge in [-0.25, -0.2) is 0 Å². The molecule has 0 saturated carbocycles. The van der Waals surface area contributed by atoms with E-state index in [9.17, 15) is 0 Å². The van der Waals surface area contributed by atoms with Crippen molar-refractivity contribution in [3.05, 3.63) is 18.0 Å². The smallest absolute Gasteiger partial charge is 0.138 e. The molecule has 1 heteroatoms. The van der Waals surface area contributed by atoms with Gasteiger partial charge in [0.1, 0.15) is 6.20 Å². The van der Waals surface area contributed by atoms with E-state index in [-0.39, 0.29) is 0 Å². The van der Waals surface area contributed by atoms with Crippen LogP contribution in [-0.4, -0.2) is 25.6 Å². The summed E-state index contributed by atoms with van der Waals surface area (Å²) in [5.74, 6) is 0. The van der Waals surface area contributed by atoms with Crippen molar-refractivity contribution >= 4 is 0 Å². The fourth-order valence-corrected chi connectivity index (χ4v) is 0.394. The second kappa shape index (κ2) is 3.49. The van der Waals surface area contributed by atoms with Crippen LogP contribution in [0.4, 0.5) is 0 Å². The molecule has 52 valence electrons. The van der Waals surface area contributed by atoms with Crippen molar-refractivity contribution in [2.24, 2.45) is 0 Å². The van der Waals surface area contributed by atoms with Crippen LogP contribution in [0.3, 0.4) is 0 Å². The highest BCUT2D eigenvalue weighted by Gasteiger charge is 1.96. The van der Waals surface area contributed by atoms with E-state index >= 15 is 0 Å². The summed E-state index contributed by atoms with van der Waals surface area (Å²) in [6, 6.07) is 0. The van der Waals surface area contributed by atoms with Crippen LogP contribution in [0.2, 0.25) is 0 Å². The molecule has 0 heterocycles. The molecule has 0 aromatic rings. The predicted molar refractivity (Wildman–Crippen MR) is 41.0 cm³/mol. The predicted octanol–water partition coefficient (Wildman–Crippen LogP) is 1.77. The van der Waals surface area contributed by atoms with E-state index in [0.717, 1.165) is 10.9 Å². The second-order valence-corrected chi connectivity index (χ2v) is 3.02. The molecule has 0 aliphatic heterocycles. The van der Waals surface area contributed by atoms with Crippen LogP contribution >= 0.6 is 0 Å². The number of hydrogen-bond donors (Lipinski definition) is 0. The van der Waals surface area contributed by atoms with E-state index in [2.05, 4.69) is 33.8 Å². The van der Waals surface area contributed by atoms with E-state index in [1.807, 2.05) is 12.3 Å². The van der Waals surface area contributed by atoms with Crippen LogP contribution in [0.15, 0.2) is 18.0 Å². The lowest BCUT2D eigenvalue weighted by molar-refractivity contribution is -0.817. The maximum atomic E-state index is 3.10. The zero-order chi connectivity index (χ0) is 7.33. The number of nitrogens with zero attached hydrogens (tertiary/aromatic N) is 1. The van der Waals surface area contributed by atoms with Gasteiger partial charge in [0.2, 0.25) is 0 Å². The zero-order valence-corrected chi connectivity index (χ0v) is 6.81. The van der Waals surface area contributed by atoms with Crippen LogP contribution < -0.4 is 0 Å². The van der Waals surface area contributed by atoms with Crippen LogP contribution in [-0.2, 0) is 0 Å². The molecule has 0 atom stereocenters. The summed E-state index contributed by atoms with van der Waals surface area (Å²) in [5, 5.41) is 0. The molecule has 1 nitrogen and oxygen atoms in total. The molecule has 0 radical (unpaired) electrons. The lowest BCUT2D eigenvalue weighted by atomic mass is 10.4. The Kier molecular flexibility index (Phi) is 3.29. The molecule has 0 spiro atoms. The topological polar surface area (TPSA) is 0 Å². The molecule has 0 saturated heterocycles. The van der Waals surface area contributed by atoms with Crippen molar-refractivity contribution in [1.82, 2.24) is 0 Å². The quantitative estimate of drug-likeness (QED) is 0.391. The molecule has 0 unspecified atom stereocenters. The summed E-state index contributed by atoms with van der Waals surface area (Å²) in [4.78, 5) is 0. The van der Waals surface area contributed by atoms with Crippen molar-refractivity contribution in [1.29, 1.82) is 0 Å². The SMILES string of the molecule is CCC=C=C[N+](C)(C)C. The average molecular weight is 126 g/mol. The summed E-state index contributed by atoms with van der Waals surface area (Å²) in [7, 11) is 6.32. The Balaban J connectivity index is 3.84. The molecule has 0 N–H and O–H groups in total. The minimum Gasteiger partial charge on any atom is -0.298 e. The fraction of sp³-hybridized carbons (Fsp3) is 0.625. The van der Waals surface area contributed by atoms with Gasteiger partial charge in [0, 0.05) is 0 Å². The molecule has 0 aliphatic carbocycles. The van der Waals surface area contributed by atoms with E-state index in [0.29, 0.717) is 0 Å². The molecule has 0 rings (SSSR count). The fourth-order valence-electron chi connectivity index (χ4n) is 0.394. The molecule has 0 fully saturated rings. The Morgan fingerprint density at radius 3 is 2.22 bits per heavy atom. The maximum Gasteiger partial charge on any atom is 0.138 e. The third-order valence-corrected chi connectivity index (χ3v) is 0.784. The van der Waals surface area contributed by atoms with Crippen molar-refractivity contribution in [2.45, 2.75) is 13.3 Å². The summed E-state index contributed by atoms with van der Waals surface area (Å²) in [6.45, 7) is 2.11. The summed E-state index contributed by atoms with van der Waals surface area (Å²) in [5.41, 5.74) is 3.10. The summed E-state index contributed by atoms with van der Waals surface area (Å²) in [6.07, 6.45) is 5.13. The van der Waals surface area contributed by atoms with E-state index in [1.54, 1.807) is 0 Å². The molecular weight excluding hydrogens is 110 g/mol. The van der Waals surface area contributed by atoms with Gasteiger partial charge in [-0.05, 0) is 12.5 Å². The van der Waals surface area contributed by atoms with Crippen LogP contribution in [0, 0.1) is 0 Å². The van der Waals surface area contributed by atoms with Gasteiger partial charge in [-0.15, -0.1) is 0 Å². The van der Waals surface area contributed by atoms with Crippen LogP contribution in [0.1, 0.15) is 13.3 Å². The molecule has 0 aromatic heterocycles. The van der Waals surface area contributed by atoms with Gasteiger partial charge in [0.15, 0.2) is 0 Å². The Morgan fingerprint density at radius 1 is 1.33 bits per heavy atom. The minimum atomic E-state index is 0.844. The van der Waals surface area contributed by atoms with Crippen molar-refractivity contribution < 1.29 is 4.48 Å². The number of quaternary nitrogens is 1. The highest BCUT2D eigenvalue weighted by Crippen LogP contribution is 1.88. The molecule has 9 heavy (non-hydrogen) atoms. The highest BCUT2D eigenvalue weighted by atomic mass is 15.3. The maximum absolute atomic E-state index is 3.10. The van der Waals surface area contributed by atoms with Gasteiger partial charge in [-0.1, -0.05) is 12.7 Å². The van der Waals surface area contributed by atoms with Crippen molar-refractivity contribution in [3.63, 3.8) is 0 Å². The van der Waals surface area contributed by atoms with E-state index in [4.69, 9.17) is 0 Å². The number of allylic oxidation sites excluding steroid dienone is 1. The lowest BCUT2D eigenvalue weighted by Crippen LogP contribution is -2.26. The van der Waals surface area contributed by atoms with Crippen LogP contribution in [0.25, 0.3) is 0 Å². The first-order valence-electron chi connectivity index (χ1n) is 3.29. The standard InChI is InChI=1S/C8H16N/c1-5-6-7-8-9(2,3)4/h6,8H,5H2,1-4H3/q+1. The third kappa shape index (κ3) is 7.48. The molecular formula is C8H16N+. The van der Waals surface area contributed by atoms with Gasteiger partial charge in [-0.3, -0.25) is 4.48 Å². The first-order valence-corrected chi connectivity index (χ1v) is 3.29. The third-order valence-electron chi connectivity index (χ3n) is 0.784. The van der Waals surface area contributed by atoms with Crippen molar-refractivity contribution in [2.75, 3.05) is 21.1 Å². The first kappa shape index (κ1) is 8.48. The summed E-state index contributed by atoms with van der Waals surface area (Å²) < 4.78 is 0.844. The number of rotatable bonds is 2. The summed E-state index contributed by atoms with van der Waals surface area (Å²) >= 11 is 0. The largest absolute Gasteiger partial charge is 0.298 e. The zero-order valence-electron chi connectivity index (χ0n) is 6.81. The van der Waals surface area contributed by atoms with E-state index in [1.165, 1.54) is 0 Å². The molecule has 0 aromatic carbocycles. The highest BCUT2D eigenvalue weighted by molar-refractivity contribution is 4.77. The van der Waals surface area contributed by atoms with E-state index < -0.39 is 0 Å². The van der Waals surface area contributed by atoms with Gasteiger partial charge in [0.05, 0.1) is 21.1 Å². The first-order chi connectivity index (χ1) is 4.06. The van der Waals surface area contributed by atoms with Gasteiger partial charge >= 0.3 is 0 Å². The number of hydrogen-bond acceptors (Lipinski definition) is 0. The normalized spacial score (nSPS) is 10.2. The van der Waals surface area contributed by atoms with Crippen molar-refractivity contribution in [3.8, 4) is 0 Å².